The molecule has 3 rings (SSSR count). The molecule has 0 saturated carbocycles. The predicted octanol–water partition coefficient (Wildman–Crippen LogP) is 2.68. The van der Waals surface area contributed by atoms with Gasteiger partial charge in [-0.25, -0.2) is 0 Å². The normalized spacial score (nSPS) is 15.7. The molecule has 1 saturated heterocycles. The van der Waals surface area contributed by atoms with Crippen molar-refractivity contribution < 1.29 is 14.0 Å². The molecule has 0 aliphatic carbocycles. The van der Waals surface area contributed by atoms with Crippen molar-refractivity contribution in [2.24, 2.45) is 0 Å². The van der Waals surface area contributed by atoms with Gasteiger partial charge in [0.2, 0.25) is 5.91 Å². The Labute approximate surface area is 153 Å². The van der Waals surface area contributed by atoms with Crippen molar-refractivity contribution in [1.82, 2.24) is 9.80 Å². The highest BCUT2D eigenvalue weighted by Gasteiger charge is 2.28. The number of rotatable bonds is 4. The number of hydrogen-bond donors (Lipinski definition) is 1. The second kappa shape index (κ2) is 7.64. The zero-order valence-corrected chi connectivity index (χ0v) is 15.5. The maximum atomic E-state index is 12.7. The van der Waals surface area contributed by atoms with E-state index in [1.165, 1.54) is 17.4 Å². The number of carbonyl (C=O) groups excluding carboxylic acids is 2. The maximum Gasteiger partial charge on any atom is 0.289 e. The molecule has 1 aliphatic heterocycles. The third kappa shape index (κ3) is 3.90. The van der Waals surface area contributed by atoms with Crippen LogP contribution in [0.15, 0.2) is 41.0 Å². The summed E-state index contributed by atoms with van der Waals surface area (Å²) in [6.07, 6.45) is 1.49. The van der Waals surface area contributed by atoms with Crippen molar-refractivity contribution in [2.45, 2.75) is 26.8 Å². The van der Waals surface area contributed by atoms with E-state index in [9.17, 15) is 9.59 Å². The quantitative estimate of drug-likeness (QED) is 0.916. The van der Waals surface area contributed by atoms with Crippen LogP contribution in [0.3, 0.4) is 0 Å². The molecule has 6 heteroatoms. The topological polar surface area (TPSA) is 65.8 Å². The summed E-state index contributed by atoms with van der Waals surface area (Å²) in [5.74, 6) is 0.270. The number of benzene rings is 1. The van der Waals surface area contributed by atoms with Gasteiger partial charge in [0.25, 0.3) is 5.91 Å². The second-order valence-electron chi connectivity index (χ2n) is 6.76. The minimum Gasteiger partial charge on any atom is -0.459 e. The first-order chi connectivity index (χ1) is 12.5. The highest BCUT2D eigenvalue weighted by atomic mass is 16.3. The first-order valence-corrected chi connectivity index (χ1v) is 8.91. The van der Waals surface area contributed by atoms with Gasteiger partial charge in [0.05, 0.1) is 6.26 Å². The molecule has 1 aliphatic rings. The minimum atomic E-state index is -0.315. The lowest BCUT2D eigenvalue weighted by molar-refractivity contribution is -0.133. The van der Waals surface area contributed by atoms with E-state index in [0.717, 1.165) is 5.69 Å². The fourth-order valence-corrected chi connectivity index (χ4v) is 3.10. The third-order valence-corrected chi connectivity index (χ3v) is 4.87. The number of hydrogen-bond acceptors (Lipinski definition) is 4. The van der Waals surface area contributed by atoms with Crippen LogP contribution in [0.2, 0.25) is 0 Å². The smallest absolute Gasteiger partial charge is 0.289 e. The summed E-state index contributed by atoms with van der Waals surface area (Å²) in [6.45, 7) is 8.09. The zero-order chi connectivity index (χ0) is 18.7. The van der Waals surface area contributed by atoms with Crippen LogP contribution in [0.1, 0.15) is 28.6 Å². The Balaban J connectivity index is 1.54. The molecule has 0 bridgehead atoms. The molecule has 1 N–H and O–H groups in total. The van der Waals surface area contributed by atoms with Crippen LogP contribution in [0.5, 0.6) is 0 Å². The molecule has 2 aromatic rings. The Morgan fingerprint density at radius 3 is 2.35 bits per heavy atom. The van der Waals surface area contributed by atoms with Gasteiger partial charge in [-0.3, -0.25) is 9.59 Å². The fraction of sp³-hybridized carbons (Fsp3) is 0.400. The lowest BCUT2D eigenvalue weighted by Crippen LogP contribution is -2.53. The van der Waals surface area contributed by atoms with Gasteiger partial charge < -0.3 is 19.5 Å². The monoisotopic (exact) mass is 355 g/mol. The van der Waals surface area contributed by atoms with Crippen LogP contribution in [0, 0.1) is 13.8 Å². The summed E-state index contributed by atoms with van der Waals surface area (Å²) >= 11 is 0. The number of piperazine rings is 1. The van der Waals surface area contributed by atoms with Crippen molar-refractivity contribution in [3.8, 4) is 0 Å². The zero-order valence-electron chi connectivity index (χ0n) is 15.5. The van der Waals surface area contributed by atoms with Crippen LogP contribution in [-0.2, 0) is 4.79 Å². The first-order valence-electron chi connectivity index (χ1n) is 8.91. The van der Waals surface area contributed by atoms with Crippen molar-refractivity contribution in [2.75, 3.05) is 31.5 Å². The van der Waals surface area contributed by atoms with E-state index in [1.54, 1.807) is 17.0 Å². The lowest BCUT2D eigenvalue weighted by Gasteiger charge is -2.35. The molecule has 138 valence electrons. The highest BCUT2D eigenvalue weighted by Crippen LogP contribution is 2.16. The van der Waals surface area contributed by atoms with E-state index in [-0.39, 0.29) is 17.9 Å². The molecule has 0 unspecified atom stereocenters. The van der Waals surface area contributed by atoms with E-state index in [4.69, 9.17) is 4.42 Å². The van der Waals surface area contributed by atoms with Crippen LogP contribution in [0.4, 0.5) is 5.69 Å². The van der Waals surface area contributed by atoms with E-state index in [1.807, 2.05) is 24.0 Å². The summed E-state index contributed by atoms with van der Waals surface area (Å²) in [5, 5.41) is 3.28. The van der Waals surface area contributed by atoms with E-state index < -0.39 is 0 Å². The minimum absolute atomic E-state index is 0.0494. The van der Waals surface area contributed by atoms with Gasteiger partial charge in [-0.15, -0.1) is 0 Å². The van der Waals surface area contributed by atoms with Crippen molar-refractivity contribution >= 4 is 17.5 Å². The average molecular weight is 355 g/mol. The molecule has 1 aromatic carbocycles. The summed E-state index contributed by atoms with van der Waals surface area (Å²) in [4.78, 5) is 28.5. The van der Waals surface area contributed by atoms with Gasteiger partial charge in [-0.05, 0) is 56.2 Å². The summed E-state index contributed by atoms with van der Waals surface area (Å²) < 4.78 is 5.16. The molecule has 0 spiro atoms. The molecule has 1 aromatic heterocycles. The molecule has 6 nitrogen and oxygen atoms in total. The lowest BCUT2D eigenvalue weighted by atomic mass is 10.1. The average Bonchev–Trinajstić information content (AvgIpc) is 3.18. The number of anilines is 1. The summed E-state index contributed by atoms with van der Waals surface area (Å²) in [7, 11) is 0. The Kier molecular flexibility index (Phi) is 5.30. The number of aryl methyl sites for hydroxylation is 2. The van der Waals surface area contributed by atoms with E-state index in [0.29, 0.717) is 31.9 Å². The van der Waals surface area contributed by atoms with Crippen LogP contribution in [-0.4, -0.2) is 53.8 Å². The summed E-state index contributed by atoms with van der Waals surface area (Å²) in [5.41, 5.74) is 3.37. The van der Waals surface area contributed by atoms with E-state index in [2.05, 4.69) is 25.2 Å². The highest BCUT2D eigenvalue weighted by molar-refractivity contribution is 5.91. The van der Waals surface area contributed by atoms with Gasteiger partial charge in [0, 0.05) is 31.9 Å². The van der Waals surface area contributed by atoms with Gasteiger partial charge in [0.1, 0.15) is 6.04 Å². The predicted molar refractivity (Wildman–Crippen MR) is 100 cm³/mol. The largest absolute Gasteiger partial charge is 0.459 e. The van der Waals surface area contributed by atoms with Crippen molar-refractivity contribution in [3.63, 3.8) is 0 Å². The van der Waals surface area contributed by atoms with Crippen molar-refractivity contribution in [1.29, 1.82) is 0 Å². The third-order valence-electron chi connectivity index (χ3n) is 4.87. The number of furan rings is 1. The Morgan fingerprint density at radius 2 is 1.73 bits per heavy atom. The van der Waals surface area contributed by atoms with E-state index >= 15 is 0 Å². The van der Waals surface area contributed by atoms with Crippen LogP contribution < -0.4 is 5.32 Å². The van der Waals surface area contributed by atoms with Crippen LogP contribution in [0.25, 0.3) is 0 Å². The Morgan fingerprint density at radius 1 is 1.04 bits per heavy atom. The standard InChI is InChI=1S/C20H25N3O3/c1-14-6-7-17(13-15(14)2)21-16(3)19(24)22-8-10-23(11-9-22)20(25)18-5-4-12-26-18/h4-7,12-13,16,21H,8-11H2,1-3H3/t16-/m1/s1. The number of amides is 2. The van der Waals surface area contributed by atoms with Gasteiger partial charge in [-0.2, -0.15) is 0 Å². The Hall–Kier alpha value is -2.76. The summed E-state index contributed by atoms with van der Waals surface area (Å²) in [6, 6.07) is 9.14. The SMILES string of the molecule is Cc1ccc(N[C@H](C)C(=O)N2CCN(C(=O)c3ccco3)CC2)cc1C. The van der Waals surface area contributed by atoms with Gasteiger partial charge in [0.15, 0.2) is 5.76 Å². The molecule has 26 heavy (non-hydrogen) atoms. The van der Waals surface area contributed by atoms with Crippen molar-refractivity contribution in [3.05, 3.63) is 53.5 Å². The molecule has 2 amide bonds. The Bertz CT molecular complexity index is 778. The van der Waals surface area contributed by atoms with Gasteiger partial charge in [-0.1, -0.05) is 6.07 Å². The number of nitrogens with zero attached hydrogens (tertiary/aromatic N) is 2. The molecular weight excluding hydrogens is 330 g/mol. The molecular formula is C20H25N3O3. The molecule has 2 heterocycles. The molecule has 1 atom stereocenters. The molecule has 0 radical (unpaired) electrons. The maximum absolute atomic E-state index is 12.7. The second-order valence-corrected chi connectivity index (χ2v) is 6.76. The van der Waals surface area contributed by atoms with Gasteiger partial charge >= 0.3 is 0 Å². The first kappa shape index (κ1) is 18.0. The number of carbonyl (C=O) groups is 2. The van der Waals surface area contributed by atoms with Crippen LogP contribution >= 0.6 is 0 Å². The fourth-order valence-electron chi connectivity index (χ4n) is 3.10. The number of nitrogens with one attached hydrogen (secondary N) is 1. The molecule has 1 fully saturated rings.